The van der Waals surface area contributed by atoms with Crippen molar-refractivity contribution in [3.8, 4) is 11.5 Å². The van der Waals surface area contributed by atoms with E-state index in [-0.39, 0.29) is 11.6 Å². The Morgan fingerprint density at radius 2 is 1.69 bits per heavy atom. The smallest absolute Gasteiger partial charge is 0.162 e. The Morgan fingerprint density at radius 3 is 2.34 bits per heavy atom. The Hall–Kier alpha value is -1.66. The van der Waals surface area contributed by atoms with Crippen LogP contribution in [0.3, 0.4) is 0 Å². The van der Waals surface area contributed by atoms with E-state index < -0.39 is 5.82 Å². The number of benzene rings is 3. The quantitative estimate of drug-likeness (QED) is 0.346. The van der Waals surface area contributed by atoms with E-state index in [4.69, 9.17) is 44.3 Å². The predicted octanol–water partition coefficient (Wildman–Crippen LogP) is 7.75. The van der Waals surface area contributed by atoms with Crippen molar-refractivity contribution in [3.63, 3.8) is 0 Å². The molecule has 0 atom stereocenters. The minimum absolute atomic E-state index is 0.0635. The van der Waals surface area contributed by atoms with Gasteiger partial charge in [-0.15, -0.1) is 0 Å². The molecule has 3 aromatic carbocycles. The SMILES string of the molecule is COc1cc(CNc2ccc(F)c(Cl)c2)c(Br)cc1OCc1c(Cl)cccc1Cl. The zero-order valence-corrected chi connectivity index (χ0v) is 19.1. The van der Waals surface area contributed by atoms with Crippen LogP contribution in [0.4, 0.5) is 10.1 Å². The van der Waals surface area contributed by atoms with Gasteiger partial charge in [-0.25, -0.2) is 4.39 Å². The molecule has 1 N–H and O–H groups in total. The molecule has 0 radical (unpaired) electrons. The minimum atomic E-state index is -0.458. The van der Waals surface area contributed by atoms with Crippen LogP contribution in [0.2, 0.25) is 15.1 Å². The largest absolute Gasteiger partial charge is 0.493 e. The van der Waals surface area contributed by atoms with E-state index in [0.717, 1.165) is 10.0 Å². The maximum Gasteiger partial charge on any atom is 0.162 e. The van der Waals surface area contributed by atoms with Gasteiger partial charge in [-0.1, -0.05) is 56.8 Å². The number of rotatable bonds is 7. The Balaban J connectivity index is 1.75. The van der Waals surface area contributed by atoms with Gasteiger partial charge in [-0.2, -0.15) is 0 Å². The maximum absolute atomic E-state index is 13.3. The number of halogens is 5. The molecule has 0 saturated carbocycles. The Morgan fingerprint density at radius 1 is 0.966 bits per heavy atom. The molecule has 3 rings (SSSR count). The molecule has 3 nitrogen and oxygen atoms in total. The summed E-state index contributed by atoms with van der Waals surface area (Å²) in [5, 5.41) is 4.34. The molecule has 0 aliphatic rings. The van der Waals surface area contributed by atoms with E-state index in [9.17, 15) is 4.39 Å². The van der Waals surface area contributed by atoms with E-state index in [2.05, 4.69) is 21.2 Å². The highest BCUT2D eigenvalue weighted by atomic mass is 79.9. The van der Waals surface area contributed by atoms with Gasteiger partial charge in [0, 0.05) is 32.3 Å². The highest BCUT2D eigenvalue weighted by Gasteiger charge is 2.13. The average Bonchev–Trinajstić information content (AvgIpc) is 2.69. The molecule has 0 aliphatic heterocycles. The zero-order valence-electron chi connectivity index (χ0n) is 15.2. The van der Waals surface area contributed by atoms with Crippen molar-refractivity contribution >= 4 is 56.4 Å². The van der Waals surface area contributed by atoms with Gasteiger partial charge in [0.25, 0.3) is 0 Å². The molecule has 0 aromatic heterocycles. The number of nitrogens with one attached hydrogen (secondary N) is 1. The zero-order chi connectivity index (χ0) is 21.0. The van der Waals surface area contributed by atoms with Crippen LogP contribution in [0.25, 0.3) is 0 Å². The minimum Gasteiger partial charge on any atom is -0.493 e. The summed E-state index contributed by atoms with van der Waals surface area (Å²) in [6.45, 7) is 0.669. The van der Waals surface area contributed by atoms with Crippen molar-refractivity contribution in [1.82, 2.24) is 0 Å². The fourth-order valence-electron chi connectivity index (χ4n) is 2.61. The third kappa shape index (κ3) is 5.48. The van der Waals surface area contributed by atoms with Crippen molar-refractivity contribution in [3.05, 3.63) is 85.0 Å². The molecular weight excluding hydrogens is 503 g/mol. The summed E-state index contributed by atoms with van der Waals surface area (Å²) in [5.41, 5.74) is 2.33. The highest BCUT2D eigenvalue weighted by molar-refractivity contribution is 9.10. The molecule has 0 fully saturated rings. The van der Waals surface area contributed by atoms with Crippen LogP contribution in [0.5, 0.6) is 11.5 Å². The van der Waals surface area contributed by atoms with E-state index in [1.807, 2.05) is 12.1 Å². The lowest BCUT2D eigenvalue weighted by Gasteiger charge is -2.16. The molecule has 0 unspecified atom stereocenters. The number of methoxy groups -OCH3 is 1. The molecular formula is C21H16BrCl3FNO2. The van der Waals surface area contributed by atoms with E-state index in [1.54, 1.807) is 31.4 Å². The third-order valence-electron chi connectivity index (χ3n) is 4.17. The first-order chi connectivity index (χ1) is 13.9. The van der Waals surface area contributed by atoms with Gasteiger partial charge in [0.15, 0.2) is 11.5 Å². The third-order valence-corrected chi connectivity index (χ3v) is 5.91. The van der Waals surface area contributed by atoms with Crippen molar-refractivity contribution in [2.75, 3.05) is 12.4 Å². The molecule has 0 aliphatic carbocycles. The first-order valence-corrected chi connectivity index (χ1v) is 10.4. The summed E-state index contributed by atoms with van der Waals surface area (Å²) < 4.78 is 25.5. The summed E-state index contributed by atoms with van der Waals surface area (Å²) in [5.74, 6) is 0.648. The fourth-order valence-corrected chi connectivity index (χ4v) is 3.76. The lowest BCUT2D eigenvalue weighted by atomic mass is 10.2. The summed E-state index contributed by atoms with van der Waals surface area (Å²) in [4.78, 5) is 0. The Labute approximate surface area is 191 Å². The van der Waals surface area contributed by atoms with Crippen molar-refractivity contribution < 1.29 is 13.9 Å². The lowest BCUT2D eigenvalue weighted by molar-refractivity contribution is 0.284. The molecule has 0 bridgehead atoms. The van der Waals surface area contributed by atoms with Crippen LogP contribution < -0.4 is 14.8 Å². The Kier molecular flexibility index (Phi) is 7.52. The fraction of sp³-hybridized carbons (Fsp3) is 0.143. The molecule has 29 heavy (non-hydrogen) atoms. The highest BCUT2D eigenvalue weighted by Crippen LogP contribution is 2.35. The normalized spacial score (nSPS) is 10.7. The van der Waals surface area contributed by atoms with Crippen molar-refractivity contribution in [2.45, 2.75) is 13.2 Å². The second-order valence-electron chi connectivity index (χ2n) is 6.07. The van der Waals surface area contributed by atoms with Crippen LogP contribution >= 0.6 is 50.7 Å². The number of hydrogen-bond acceptors (Lipinski definition) is 3. The van der Waals surface area contributed by atoms with Crippen molar-refractivity contribution in [2.24, 2.45) is 0 Å². The van der Waals surface area contributed by atoms with Crippen LogP contribution in [0.15, 0.2) is 53.0 Å². The van der Waals surface area contributed by atoms with E-state index >= 15 is 0 Å². The Bertz CT molecular complexity index is 1010. The predicted molar refractivity (Wildman–Crippen MR) is 120 cm³/mol. The van der Waals surface area contributed by atoms with Crippen LogP contribution in [-0.4, -0.2) is 7.11 Å². The van der Waals surface area contributed by atoms with Crippen molar-refractivity contribution in [1.29, 1.82) is 0 Å². The first kappa shape index (κ1) is 22.0. The lowest BCUT2D eigenvalue weighted by Crippen LogP contribution is -2.03. The molecule has 0 amide bonds. The van der Waals surface area contributed by atoms with Gasteiger partial charge in [0.05, 0.1) is 12.1 Å². The van der Waals surface area contributed by atoms with E-state index in [1.165, 1.54) is 12.1 Å². The molecule has 0 saturated heterocycles. The van der Waals surface area contributed by atoms with Crippen LogP contribution in [0, 0.1) is 5.82 Å². The van der Waals surface area contributed by atoms with Gasteiger partial charge in [-0.3, -0.25) is 0 Å². The molecule has 0 heterocycles. The monoisotopic (exact) mass is 517 g/mol. The van der Waals surface area contributed by atoms with Gasteiger partial charge in [0.1, 0.15) is 12.4 Å². The molecule has 0 spiro atoms. The molecule has 152 valence electrons. The maximum atomic E-state index is 13.3. The topological polar surface area (TPSA) is 30.5 Å². The summed E-state index contributed by atoms with van der Waals surface area (Å²) in [6.07, 6.45) is 0. The van der Waals surface area contributed by atoms with Crippen LogP contribution in [-0.2, 0) is 13.2 Å². The second-order valence-corrected chi connectivity index (χ2v) is 8.14. The van der Waals surface area contributed by atoms with Gasteiger partial charge in [0.2, 0.25) is 0 Å². The summed E-state index contributed by atoms with van der Waals surface area (Å²) in [7, 11) is 1.57. The van der Waals surface area contributed by atoms with Gasteiger partial charge < -0.3 is 14.8 Å². The summed E-state index contributed by atoms with van der Waals surface area (Å²) in [6, 6.07) is 13.4. The van der Waals surface area contributed by atoms with Gasteiger partial charge in [-0.05, 0) is 48.0 Å². The second kappa shape index (κ2) is 9.90. The standard InChI is InChI=1S/C21H16BrCl3FNO2/c1-28-20-7-12(10-27-13-5-6-19(26)18(25)8-13)15(22)9-21(20)29-11-14-16(23)3-2-4-17(14)24/h2-9,27H,10-11H2,1H3. The number of ether oxygens (including phenoxy) is 2. The first-order valence-electron chi connectivity index (χ1n) is 8.50. The molecule has 3 aromatic rings. The number of anilines is 1. The van der Waals surface area contributed by atoms with Crippen LogP contribution in [0.1, 0.15) is 11.1 Å². The summed E-state index contributed by atoms with van der Waals surface area (Å²) >= 11 is 21.8. The molecule has 8 heteroatoms. The van der Waals surface area contributed by atoms with Gasteiger partial charge >= 0.3 is 0 Å². The number of hydrogen-bond donors (Lipinski definition) is 1. The van der Waals surface area contributed by atoms with E-state index in [0.29, 0.717) is 39.3 Å². The average molecular weight is 520 g/mol.